The molecule has 2 rings (SSSR count). The number of aliphatic hydroxyl groups is 1. The topological polar surface area (TPSA) is 59.0 Å². The summed E-state index contributed by atoms with van der Waals surface area (Å²) < 4.78 is 12.1. The summed E-state index contributed by atoms with van der Waals surface area (Å²) in [7, 11) is 0. The van der Waals surface area contributed by atoms with E-state index in [1.807, 2.05) is 32.9 Å². The second-order valence-electron chi connectivity index (χ2n) is 5.92. The molecule has 5 nitrogen and oxygen atoms in total. The van der Waals surface area contributed by atoms with Crippen LogP contribution in [0.1, 0.15) is 31.8 Å². The molecule has 1 unspecified atom stereocenters. The quantitative estimate of drug-likeness (QED) is 0.741. The van der Waals surface area contributed by atoms with Crippen LogP contribution in [0.2, 0.25) is 0 Å². The van der Waals surface area contributed by atoms with Crippen molar-refractivity contribution in [3.8, 4) is 0 Å². The van der Waals surface area contributed by atoms with E-state index < -0.39 is 17.8 Å². The van der Waals surface area contributed by atoms with Gasteiger partial charge in [0, 0.05) is 11.4 Å². The predicted octanol–water partition coefficient (Wildman–Crippen LogP) is 3.02. The van der Waals surface area contributed by atoms with E-state index in [2.05, 4.69) is 22.6 Å². The van der Waals surface area contributed by atoms with E-state index in [1.165, 1.54) is 11.3 Å². The Morgan fingerprint density at radius 1 is 1.57 bits per heavy atom. The molecule has 1 saturated heterocycles. The SMILES string of the molecule is CC(C)(C)OC(=O)N1CCOC([C@H](O)c2ccc(I)s2)C1. The first-order valence-electron chi connectivity index (χ1n) is 6.79. The Balaban J connectivity index is 1.98. The zero-order chi connectivity index (χ0) is 15.6. The Morgan fingerprint density at radius 3 is 2.86 bits per heavy atom. The van der Waals surface area contributed by atoms with Crippen molar-refractivity contribution in [3.05, 3.63) is 19.9 Å². The number of rotatable bonds is 2. The minimum atomic E-state index is -0.719. The van der Waals surface area contributed by atoms with Crippen molar-refractivity contribution in [2.75, 3.05) is 19.7 Å². The average Bonchev–Trinajstić information content (AvgIpc) is 2.83. The fraction of sp³-hybridized carbons (Fsp3) is 0.643. The molecule has 2 heterocycles. The van der Waals surface area contributed by atoms with E-state index >= 15 is 0 Å². The number of halogens is 1. The molecule has 1 aromatic heterocycles. The van der Waals surface area contributed by atoms with E-state index in [-0.39, 0.29) is 6.09 Å². The number of carbonyl (C=O) groups excluding carboxylic acids is 1. The fourth-order valence-electron chi connectivity index (χ4n) is 2.03. The maximum atomic E-state index is 12.1. The second-order valence-corrected chi connectivity index (χ2v) is 8.93. The summed E-state index contributed by atoms with van der Waals surface area (Å²) >= 11 is 3.75. The molecule has 7 heteroatoms. The van der Waals surface area contributed by atoms with Crippen molar-refractivity contribution in [1.82, 2.24) is 4.90 Å². The monoisotopic (exact) mass is 425 g/mol. The molecule has 0 spiro atoms. The maximum absolute atomic E-state index is 12.1. The van der Waals surface area contributed by atoms with Gasteiger partial charge >= 0.3 is 6.09 Å². The highest BCUT2D eigenvalue weighted by molar-refractivity contribution is 14.1. The molecule has 118 valence electrons. The van der Waals surface area contributed by atoms with Crippen LogP contribution >= 0.6 is 33.9 Å². The molecule has 1 N–H and O–H groups in total. The van der Waals surface area contributed by atoms with Gasteiger partial charge in [0.05, 0.1) is 16.0 Å². The Bertz CT molecular complexity index is 499. The lowest BCUT2D eigenvalue weighted by Crippen LogP contribution is -2.49. The van der Waals surface area contributed by atoms with Crippen molar-refractivity contribution in [3.63, 3.8) is 0 Å². The van der Waals surface area contributed by atoms with Crippen LogP contribution in [0, 0.1) is 2.88 Å². The van der Waals surface area contributed by atoms with Crippen LogP contribution in [-0.2, 0) is 9.47 Å². The second kappa shape index (κ2) is 6.80. The zero-order valence-electron chi connectivity index (χ0n) is 12.3. The molecule has 0 saturated carbocycles. The van der Waals surface area contributed by atoms with E-state index in [0.717, 1.165) is 7.76 Å². The molecule has 0 aromatic carbocycles. The van der Waals surface area contributed by atoms with Crippen molar-refractivity contribution < 1.29 is 19.4 Å². The number of hydrogen-bond donors (Lipinski definition) is 1. The van der Waals surface area contributed by atoms with Gasteiger partial charge in [-0.05, 0) is 55.5 Å². The number of amides is 1. The Morgan fingerprint density at radius 2 is 2.29 bits per heavy atom. The van der Waals surface area contributed by atoms with Gasteiger partial charge in [0.2, 0.25) is 0 Å². The van der Waals surface area contributed by atoms with E-state index in [1.54, 1.807) is 4.90 Å². The lowest BCUT2D eigenvalue weighted by molar-refractivity contribution is -0.0898. The standard InChI is InChI=1S/C14H20INO4S/c1-14(2,3)20-13(18)16-6-7-19-9(8-16)12(17)10-4-5-11(15)21-10/h4-5,9,12,17H,6-8H2,1-3H3/t9?,12-/m0/s1. The van der Waals surface area contributed by atoms with Crippen molar-refractivity contribution in [2.45, 2.75) is 38.6 Å². The molecule has 0 aliphatic carbocycles. The highest BCUT2D eigenvalue weighted by Gasteiger charge is 2.32. The first-order chi connectivity index (χ1) is 9.76. The largest absolute Gasteiger partial charge is 0.444 e. The average molecular weight is 425 g/mol. The summed E-state index contributed by atoms with van der Waals surface area (Å²) in [4.78, 5) is 14.5. The Labute approximate surface area is 142 Å². The van der Waals surface area contributed by atoms with E-state index in [9.17, 15) is 9.90 Å². The van der Waals surface area contributed by atoms with E-state index in [4.69, 9.17) is 9.47 Å². The fourth-order valence-corrected chi connectivity index (χ4v) is 3.74. The summed E-state index contributed by atoms with van der Waals surface area (Å²) in [6, 6.07) is 3.85. The number of morpholine rings is 1. The van der Waals surface area contributed by atoms with Gasteiger partial charge in [-0.2, -0.15) is 0 Å². The molecule has 2 atom stereocenters. The first-order valence-corrected chi connectivity index (χ1v) is 8.68. The van der Waals surface area contributed by atoms with Gasteiger partial charge < -0.3 is 19.5 Å². The number of nitrogens with zero attached hydrogens (tertiary/aromatic N) is 1. The third-order valence-electron chi connectivity index (χ3n) is 2.98. The van der Waals surface area contributed by atoms with Gasteiger partial charge in [-0.3, -0.25) is 0 Å². The molecule has 1 aliphatic heterocycles. The van der Waals surface area contributed by atoms with Gasteiger partial charge in [0.1, 0.15) is 17.8 Å². The molecular weight excluding hydrogens is 405 g/mol. The summed E-state index contributed by atoms with van der Waals surface area (Å²) in [6.45, 7) is 6.75. The van der Waals surface area contributed by atoms with Gasteiger partial charge in [0.25, 0.3) is 0 Å². The first kappa shape index (κ1) is 17.0. The minimum Gasteiger partial charge on any atom is -0.444 e. The lowest BCUT2D eigenvalue weighted by atomic mass is 10.1. The third kappa shape index (κ3) is 4.80. The number of thiophene rings is 1. The number of aliphatic hydroxyl groups excluding tert-OH is 1. The zero-order valence-corrected chi connectivity index (χ0v) is 15.3. The molecule has 1 amide bonds. The van der Waals surface area contributed by atoms with Crippen LogP contribution < -0.4 is 0 Å². The van der Waals surface area contributed by atoms with Crippen LogP contribution in [0.25, 0.3) is 0 Å². The number of ether oxygens (including phenoxy) is 2. The van der Waals surface area contributed by atoms with Crippen molar-refractivity contribution >= 4 is 40.0 Å². The van der Waals surface area contributed by atoms with Crippen LogP contribution in [0.5, 0.6) is 0 Å². The minimum absolute atomic E-state index is 0.338. The van der Waals surface area contributed by atoms with Crippen LogP contribution in [0.3, 0.4) is 0 Å². The number of carbonyl (C=O) groups is 1. The van der Waals surface area contributed by atoms with Gasteiger partial charge in [0.15, 0.2) is 0 Å². The molecular formula is C14H20INO4S. The van der Waals surface area contributed by atoms with Crippen LogP contribution in [0.15, 0.2) is 12.1 Å². The van der Waals surface area contributed by atoms with Crippen molar-refractivity contribution in [2.24, 2.45) is 0 Å². The smallest absolute Gasteiger partial charge is 0.410 e. The van der Waals surface area contributed by atoms with Crippen LogP contribution in [-0.4, -0.2) is 47.5 Å². The summed E-state index contributed by atoms with van der Waals surface area (Å²) in [6.07, 6.45) is -1.49. The molecule has 1 aliphatic rings. The summed E-state index contributed by atoms with van der Waals surface area (Å²) in [5.41, 5.74) is -0.520. The Kier molecular flexibility index (Phi) is 5.50. The molecule has 1 aromatic rings. The molecule has 21 heavy (non-hydrogen) atoms. The van der Waals surface area contributed by atoms with Crippen LogP contribution in [0.4, 0.5) is 4.79 Å². The highest BCUT2D eigenvalue weighted by Crippen LogP contribution is 2.29. The molecule has 0 radical (unpaired) electrons. The summed E-state index contributed by atoms with van der Waals surface area (Å²) in [5, 5.41) is 10.4. The van der Waals surface area contributed by atoms with Gasteiger partial charge in [-0.1, -0.05) is 0 Å². The lowest BCUT2D eigenvalue weighted by Gasteiger charge is -2.35. The molecule has 0 bridgehead atoms. The highest BCUT2D eigenvalue weighted by atomic mass is 127. The normalized spacial score (nSPS) is 21.2. The van der Waals surface area contributed by atoms with Gasteiger partial charge in [-0.25, -0.2) is 4.79 Å². The Hall–Kier alpha value is -0.380. The van der Waals surface area contributed by atoms with Crippen molar-refractivity contribution in [1.29, 1.82) is 0 Å². The van der Waals surface area contributed by atoms with E-state index in [0.29, 0.717) is 19.7 Å². The molecule has 1 fully saturated rings. The predicted molar refractivity (Wildman–Crippen MR) is 89.5 cm³/mol. The third-order valence-corrected chi connectivity index (χ3v) is 4.95. The maximum Gasteiger partial charge on any atom is 0.410 e. The summed E-state index contributed by atoms with van der Waals surface area (Å²) in [5.74, 6) is 0. The van der Waals surface area contributed by atoms with Gasteiger partial charge in [-0.15, -0.1) is 11.3 Å². The number of hydrogen-bond acceptors (Lipinski definition) is 5.